The number of piperidine rings is 1. The quantitative estimate of drug-likeness (QED) is 0.887. The Morgan fingerprint density at radius 3 is 2.46 bits per heavy atom. The molecular weight excluding hydrogens is 342 g/mol. The average molecular weight is 364 g/mol. The lowest BCUT2D eigenvalue weighted by Crippen LogP contribution is -2.45. The summed E-state index contributed by atoms with van der Waals surface area (Å²) in [6.07, 6.45) is 3.31. The molecule has 0 unspecified atom stereocenters. The summed E-state index contributed by atoms with van der Waals surface area (Å²) in [5.41, 5.74) is 2.14. The minimum Gasteiger partial charge on any atom is -0.348 e. The maximum atomic E-state index is 12.0. The second kappa shape index (κ2) is 6.46. The van der Waals surface area contributed by atoms with Crippen molar-refractivity contribution in [3.8, 4) is 11.3 Å². The van der Waals surface area contributed by atoms with Gasteiger partial charge in [0.15, 0.2) is 5.13 Å². The van der Waals surface area contributed by atoms with Gasteiger partial charge in [0.05, 0.1) is 10.9 Å². The Labute approximate surface area is 146 Å². The van der Waals surface area contributed by atoms with Gasteiger partial charge in [0.2, 0.25) is 10.0 Å². The summed E-state index contributed by atoms with van der Waals surface area (Å²) in [7, 11) is -3.08. The van der Waals surface area contributed by atoms with Crippen LogP contribution >= 0.6 is 11.3 Å². The van der Waals surface area contributed by atoms with Crippen LogP contribution in [0.2, 0.25) is 0 Å². The SMILES string of the molecule is O=S(=O)(NC1CCN(c2nc(-c3ccccc3)cs2)CC1)C1CC1. The van der Waals surface area contributed by atoms with E-state index in [2.05, 4.69) is 27.1 Å². The van der Waals surface area contributed by atoms with Crippen molar-refractivity contribution < 1.29 is 8.42 Å². The lowest BCUT2D eigenvalue weighted by molar-refractivity contribution is 0.459. The van der Waals surface area contributed by atoms with Gasteiger partial charge in [0.1, 0.15) is 0 Å². The molecule has 1 saturated heterocycles. The third-order valence-corrected chi connectivity index (χ3v) is 7.53. The molecule has 0 amide bonds. The monoisotopic (exact) mass is 363 g/mol. The second-order valence-electron chi connectivity index (χ2n) is 6.50. The zero-order valence-electron chi connectivity index (χ0n) is 13.4. The number of nitrogens with one attached hydrogen (secondary N) is 1. The zero-order chi connectivity index (χ0) is 16.6. The van der Waals surface area contributed by atoms with Gasteiger partial charge in [-0.15, -0.1) is 11.3 Å². The summed E-state index contributed by atoms with van der Waals surface area (Å²) in [6.45, 7) is 1.69. The van der Waals surface area contributed by atoms with E-state index in [-0.39, 0.29) is 11.3 Å². The van der Waals surface area contributed by atoms with Gasteiger partial charge in [-0.3, -0.25) is 0 Å². The number of sulfonamides is 1. The van der Waals surface area contributed by atoms with Crippen LogP contribution in [0, 0.1) is 0 Å². The topological polar surface area (TPSA) is 62.3 Å². The maximum absolute atomic E-state index is 12.0. The predicted octanol–water partition coefficient (Wildman–Crippen LogP) is 2.86. The first kappa shape index (κ1) is 16.1. The van der Waals surface area contributed by atoms with E-state index in [1.54, 1.807) is 11.3 Å². The maximum Gasteiger partial charge on any atom is 0.214 e. The van der Waals surface area contributed by atoms with E-state index in [9.17, 15) is 8.42 Å². The second-order valence-corrected chi connectivity index (χ2v) is 9.33. The molecule has 7 heteroatoms. The van der Waals surface area contributed by atoms with E-state index in [0.29, 0.717) is 0 Å². The number of nitrogens with zero attached hydrogens (tertiary/aromatic N) is 2. The standard InChI is InChI=1S/C17H21N3O2S2/c21-24(22,15-6-7-15)19-14-8-10-20(11-9-14)17-18-16(12-23-17)13-4-2-1-3-5-13/h1-5,12,14-15,19H,6-11H2. The molecule has 2 heterocycles. The van der Waals surface area contributed by atoms with Crippen molar-refractivity contribution in [2.75, 3.05) is 18.0 Å². The summed E-state index contributed by atoms with van der Waals surface area (Å²) < 4.78 is 27.0. The fourth-order valence-electron chi connectivity index (χ4n) is 3.05. The van der Waals surface area contributed by atoms with Crippen molar-refractivity contribution >= 4 is 26.5 Å². The minimum absolute atomic E-state index is 0.0698. The normalized spacial score (nSPS) is 19.6. The molecule has 1 aliphatic carbocycles. The first-order valence-corrected chi connectivity index (χ1v) is 10.8. The fourth-order valence-corrected chi connectivity index (χ4v) is 5.58. The summed E-state index contributed by atoms with van der Waals surface area (Å²) in [4.78, 5) is 7.01. The highest BCUT2D eigenvalue weighted by Crippen LogP contribution is 2.31. The Bertz CT molecular complexity index is 792. The van der Waals surface area contributed by atoms with E-state index in [1.807, 2.05) is 18.2 Å². The molecule has 0 spiro atoms. The van der Waals surface area contributed by atoms with E-state index < -0.39 is 10.0 Å². The molecule has 4 rings (SSSR count). The predicted molar refractivity (Wildman–Crippen MR) is 97.9 cm³/mol. The number of anilines is 1. The van der Waals surface area contributed by atoms with Crippen molar-refractivity contribution in [2.24, 2.45) is 0 Å². The summed E-state index contributed by atoms with van der Waals surface area (Å²) in [5.74, 6) is 0. The van der Waals surface area contributed by atoms with E-state index in [0.717, 1.165) is 55.2 Å². The van der Waals surface area contributed by atoms with Crippen LogP contribution in [-0.4, -0.2) is 37.8 Å². The lowest BCUT2D eigenvalue weighted by atomic mass is 10.1. The van der Waals surface area contributed by atoms with Gasteiger partial charge in [-0.2, -0.15) is 0 Å². The summed E-state index contributed by atoms with van der Waals surface area (Å²) in [5, 5.41) is 2.98. The lowest BCUT2D eigenvalue weighted by Gasteiger charge is -2.32. The molecule has 0 bridgehead atoms. The molecule has 128 valence electrons. The number of hydrogen-bond donors (Lipinski definition) is 1. The van der Waals surface area contributed by atoms with E-state index in [1.165, 1.54) is 0 Å². The van der Waals surface area contributed by atoms with Crippen molar-refractivity contribution in [1.82, 2.24) is 9.71 Å². The first-order chi connectivity index (χ1) is 11.6. The van der Waals surface area contributed by atoms with Crippen molar-refractivity contribution in [3.63, 3.8) is 0 Å². The number of aromatic nitrogens is 1. The smallest absolute Gasteiger partial charge is 0.214 e. The van der Waals surface area contributed by atoms with Crippen LogP contribution in [0.15, 0.2) is 35.7 Å². The van der Waals surface area contributed by atoms with Crippen molar-refractivity contribution in [3.05, 3.63) is 35.7 Å². The van der Waals surface area contributed by atoms with Gasteiger partial charge in [-0.25, -0.2) is 18.1 Å². The van der Waals surface area contributed by atoms with Crippen LogP contribution in [0.3, 0.4) is 0 Å². The molecule has 2 aliphatic rings. The molecule has 24 heavy (non-hydrogen) atoms. The third-order valence-electron chi connectivity index (χ3n) is 4.62. The molecular formula is C17H21N3O2S2. The Morgan fingerprint density at radius 1 is 1.08 bits per heavy atom. The third kappa shape index (κ3) is 3.48. The van der Waals surface area contributed by atoms with Gasteiger partial charge in [0.25, 0.3) is 0 Å². The highest BCUT2D eigenvalue weighted by Gasteiger charge is 2.37. The molecule has 1 saturated carbocycles. The first-order valence-electron chi connectivity index (χ1n) is 8.39. The van der Waals surface area contributed by atoms with E-state index in [4.69, 9.17) is 4.98 Å². The van der Waals surface area contributed by atoms with Gasteiger partial charge in [-0.05, 0) is 25.7 Å². The van der Waals surface area contributed by atoms with Crippen LogP contribution in [0.5, 0.6) is 0 Å². The molecule has 0 radical (unpaired) electrons. The van der Waals surface area contributed by atoms with Gasteiger partial charge < -0.3 is 4.90 Å². The molecule has 1 N–H and O–H groups in total. The van der Waals surface area contributed by atoms with Crippen LogP contribution in [0.1, 0.15) is 25.7 Å². The largest absolute Gasteiger partial charge is 0.348 e. The molecule has 1 aromatic carbocycles. The van der Waals surface area contributed by atoms with Crippen LogP contribution in [-0.2, 0) is 10.0 Å². The molecule has 2 fully saturated rings. The number of thiazole rings is 1. The zero-order valence-corrected chi connectivity index (χ0v) is 15.0. The highest BCUT2D eigenvalue weighted by atomic mass is 32.2. The van der Waals surface area contributed by atoms with Crippen molar-refractivity contribution in [2.45, 2.75) is 37.0 Å². The Kier molecular flexibility index (Phi) is 4.32. The Hall–Kier alpha value is -1.44. The van der Waals surface area contributed by atoms with Gasteiger partial charge in [0, 0.05) is 30.1 Å². The Balaban J connectivity index is 1.37. The summed E-state index contributed by atoms with van der Waals surface area (Å²) >= 11 is 1.66. The van der Waals surface area contributed by atoms with Gasteiger partial charge in [-0.1, -0.05) is 30.3 Å². The van der Waals surface area contributed by atoms with E-state index >= 15 is 0 Å². The van der Waals surface area contributed by atoms with Crippen LogP contribution < -0.4 is 9.62 Å². The molecule has 0 atom stereocenters. The van der Waals surface area contributed by atoms with Crippen LogP contribution in [0.4, 0.5) is 5.13 Å². The Morgan fingerprint density at radius 2 is 1.79 bits per heavy atom. The average Bonchev–Trinajstić information content (AvgIpc) is 3.35. The fraction of sp³-hybridized carbons (Fsp3) is 0.471. The van der Waals surface area contributed by atoms with Crippen molar-refractivity contribution in [1.29, 1.82) is 0 Å². The summed E-state index contributed by atoms with van der Waals surface area (Å²) in [6, 6.07) is 10.2. The number of hydrogen-bond acceptors (Lipinski definition) is 5. The molecule has 5 nitrogen and oxygen atoms in total. The van der Waals surface area contributed by atoms with Gasteiger partial charge >= 0.3 is 0 Å². The highest BCUT2D eigenvalue weighted by molar-refractivity contribution is 7.90. The van der Waals surface area contributed by atoms with Crippen LogP contribution in [0.25, 0.3) is 11.3 Å². The number of rotatable bonds is 5. The molecule has 2 aromatic rings. The number of benzene rings is 1. The molecule has 1 aromatic heterocycles. The molecule has 1 aliphatic heterocycles. The minimum atomic E-state index is -3.08.